The lowest BCUT2D eigenvalue weighted by Gasteiger charge is -2.21. The summed E-state index contributed by atoms with van der Waals surface area (Å²) < 4.78 is 15.0. The molecule has 0 spiro atoms. The minimum Gasteiger partial charge on any atom is -0.359 e. The third-order valence-electron chi connectivity index (χ3n) is 3.66. The van der Waals surface area contributed by atoms with Crippen molar-refractivity contribution < 1.29 is 14.0 Å². The first-order valence-electron chi connectivity index (χ1n) is 6.93. The fourth-order valence-corrected chi connectivity index (χ4v) is 2.38. The minimum atomic E-state index is -2.24. The zero-order valence-electron chi connectivity index (χ0n) is 12.5. The van der Waals surface area contributed by atoms with Gasteiger partial charge in [0.1, 0.15) is 7.85 Å². The van der Waals surface area contributed by atoms with Crippen LogP contribution in [0.1, 0.15) is 24.1 Å². The topological polar surface area (TPSA) is 59.1 Å². The minimum absolute atomic E-state index is 0.0784. The molecule has 1 aromatic heterocycles. The van der Waals surface area contributed by atoms with Crippen LogP contribution in [0.15, 0.2) is 24.3 Å². The molecule has 0 aliphatic heterocycles. The maximum absolute atomic E-state index is 15.0. The number of carbonyl (C=O) groups is 2. The molecule has 1 aromatic carbocycles. The van der Waals surface area contributed by atoms with Crippen LogP contribution >= 0.6 is 0 Å². The number of fused-ring (bicyclic) bond motifs is 1. The van der Waals surface area contributed by atoms with Crippen molar-refractivity contribution in [1.29, 1.82) is 0 Å². The third-order valence-corrected chi connectivity index (χ3v) is 3.66. The second kappa shape index (κ2) is 6.26. The zero-order valence-corrected chi connectivity index (χ0v) is 12.5. The Hall–Kier alpha value is -2.24. The lowest BCUT2D eigenvalue weighted by molar-refractivity contribution is -0.123. The maximum Gasteiger partial charge on any atom is 0.219 e. The van der Waals surface area contributed by atoms with Crippen molar-refractivity contribution in [3.05, 3.63) is 35.5 Å². The first-order valence-corrected chi connectivity index (χ1v) is 6.93. The van der Waals surface area contributed by atoms with Gasteiger partial charge < -0.3 is 5.32 Å². The molecule has 1 unspecified atom stereocenters. The van der Waals surface area contributed by atoms with Crippen molar-refractivity contribution in [3.63, 3.8) is 0 Å². The average molecular weight is 298 g/mol. The first kappa shape index (κ1) is 16.1. The molecule has 0 saturated heterocycles. The highest BCUT2D eigenvalue weighted by molar-refractivity contribution is 6.33. The Morgan fingerprint density at radius 3 is 2.82 bits per heavy atom. The molecular formula is C16H16BFN2O2. The Morgan fingerprint density at radius 1 is 1.45 bits per heavy atom. The Bertz CT molecular complexity index is 735. The Kier molecular flexibility index (Phi) is 4.59. The van der Waals surface area contributed by atoms with Gasteiger partial charge in [-0.15, -0.1) is 0 Å². The molecule has 0 aliphatic rings. The number of carbonyl (C=O) groups excluding carboxylic acids is 2. The number of nitrogens with zero attached hydrogens (tertiary/aromatic N) is 1. The molecule has 4 nitrogen and oxygen atoms in total. The van der Waals surface area contributed by atoms with Crippen LogP contribution in [0.4, 0.5) is 4.39 Å². The molecule has 2 rings (SSSR count). The van der Waals surface area contributed by atoms with E-state index in [1.165, 1.54) is 7.05 Å². The van der Waals surface area contributed by atoms with Crippen LogP contribution < -0.4 is 10.8 Å². The molecule has 6 heteroatoms. The number of nitrogens with one attached hydrogen (secondary N) is 1. The van der Waals surface area contributed by atoms with Crippen LogP contribution in [0.3, 0.4) is 0 Å². The van der Waals surface area contributed by atoms with Gasteiger partial charge in [-0.2, -0.15) is 0 Å². The zero-order chi connectivity index (χ0) is 16.3. The number of halogens is 1. The van der Waals surface area contributed by atoms with Gasteiger partial charge in [-0.25, -0.2) is 4.39 Å². The number of pyridine rings is 1. The van der Waals surface area contributed by atoms with Crippen LogP contribution in [0.5, 0.6) is 0 Å². The second-order valence-electron chi connectivity index (χ2n) is 5.23. The maximum atomic E-state index is 15.0. The number of alkyl halides is 1. The molecule has 0 saturated carbocycles. The number of aromatic nitrogens is 1. The van der Waals surface area contributed by atoms with Crippen molar-refractivity contribution in [1.82, 2.24) is 10.3 Å². The van der Waals surface area contributed by atoms with E-state index in [4.69, 9.17) is 7.85 Å². The second-order valence-corrected chi connectivity index (χ2v) is 5.23. The van der Waals surface area contributed by atoms with Crippen LogP contribution in [-0.2, 0) is 15.3 Å². The van der Waals surface area contributed by atoms with Gasteiger partial charge in [0.15, 0.2) is 12.0 Å². The smallest absolute Gasteiger partial charge is 0.219 e. The highest BCUT2D eigenvalue weighted by atomic mass is 19.1. The molecule has 2 radical (unpaired) electrons. The molecule has 1 atom stereocenters. The van der Waals surface area contributed by atoms with E-state index < -0.39 is 5.67 Å². The summed E-state index contributed by atoms with van der Waals surface area (Å²) in [6, 6.07) is 6.70. The van der Waals surface area contributed by atoms with Gasteiger partial charge in [0.25, 0.3) is 0 Å². The number of benzene rings is 1. The predicted octanol–water partition coefficient (Wildman–Crippen LogP) is 1.23. The Balaban J connectivity index is 2.46. The van der Waals surface area contributed by atoms with Crippen molar-refractivity contribution >= 4 is 36.4 Å². The monoisotopic (exact) mass is 298 g/mol. The molecule has 2 aromatic rings. The van der Waals surface area contributed by atoms with Crippen molar-refractivity contribution in [2.24, 2.45) is 0 Å². The third kappa shape index (κ3) is 3.16. The van der Waals surface area contributed by atoms with Gasteiger partial charge in [0, 0.05) is 36.5 Å². The van der Waals surface area contributed by atoms with Gasteiger partial charge in [-0.3, -0.25) is 14.6 Å². The number of rotatable bonds is 5. The summed E-state index contributed by atoms with van der Waals surface area (Å²) in [6.45, 7) is 1.63. The van der Waals surface area contributed by atoms with Gasteiger partial charge in [-0.05, 0) is 19.1 Å². The predicted molar refractivity (Wildman–Crippen MR) is 84.0 cm³/mol. The highest BCUT2D eigenvalue weighted by Crippen LogP contribution is 2.32. The Morgan fingerprint density at radius 2 is 2.18 bits per heavy atom. The molecule has 1 heterocycles. The molecule has 1 amide bonds. The molecule has 0 bridgehead atoms. The number of hydrogen-bond acceptors (Lipinski definition) is 3. The molecule has 1 N–H and O–H groups in total. The van der Waals surface area contributed by atoms with Crippen molar-refractivity contribution in [3.8, 4) is 0 Å². The lowest BCUT2D eigenvalue weighted by atomic mass is 9.89. The van der Waals surface area contributed by atoms with E-state index in [1.807, 2.05) is 0 Å². The van der Waals surface area contributed by atoms with Crippen LogP contribution in [0.2, 0.25) is 0 Å². The van der Waals surface area contributed by atoms with E-state index in [0.29, 0.717) is 22.1 Å². The SMILES string of the molecule is [B]c1ccc2cc(C(F)(C=O)CCC(=O)NC)c(C)nc2c1. The summed E-state index contributed by atoms with van der Waals surface area (Å²) in [5, 5.41) is 3.11. The molecule has 0 fully saturated rings. The fraction of sp³-hybridized carbons (Fsp3) is 0.312. The molecule has 22 heavy (non-hydrogen) atoms. The number of aldehydes is 1. The summed E-state index contributed by atoms with van der Waals surface area (Å²) in [5.41, 5.74) is -0.443. The highest BCUT2D eigenvalue weighted by Gasteiger charge is 2.34. The number of aryl methyl sites for hydroxylation is 1. The van der Waals surface area contributed by atoms with Crippen LogP contribution in [-0.4, -0.2) is 32.1 Å². The van der Waals surface area contributed by atoms with Gasteiger partial charge in [-0.1, -0.05) is 17.6 Å². The Labute approximate surface area is 129 Å². The average Bonchev–Trinajstić information content (AvgIpc) is 2.51. The standard InChI is InChI=1S/C16H16BFN2O2/c1-10-13(16(18,9-21)6-5-15(22)19-2)7-11-3-4-12(17)8-14(11)20-10/h3-4,7-9H,5-6H2,1-2H3,(H,19,22). The number of amides is 1. The van der Waals surface area contributed by atoms with Gasteiger partial charge in [0.2, 0.25) is 5.91 Å². The fourth-order valence-electron chi connectivity index (χ4n) is 2.38. The van der Waals surface area contributed by atoms with Crippen molar-refractivity contribution in [2.75, 3.05) is 7.05 Å². The van der Waals surface area contributed by atoms with E-state index in [-0.39, 0.29) is 30.6 Å². The quantitative estimate of drug-likeness (QED) is 0.667. The summed E-state index contributed by atoms with van der Waals surface area (Å²) in [7, 11) is 7.17. The summed E-state index contributed by atoms with van der Waals surface area (Å²) in [6.07, 6.45) is -0.0623. The molecular weight excluding hydrogens is 282 g/mol. The van der Waals surface area contributed by atoms with Crippen LogP contribution in [0, 0.1) is 6.92 Å². The van der Waals surface area contributed by atoms with E-state index in [0.717, 1.165) is 0 Å². The molecule has 0 aliphatic carbocycles. The largest absolute Gasteiger partial charge is 0.359 e. The van der Waals surface area contributed by atoms with Crippen molar-refractivity contribution in [2.45, 2.75) is 25.4 Å². The summed E-state index contributed by atoms with van der Waals surface area (Å²) in [4.78, 5) is 27.0. The van der Waals surface area contributed by atoms with Crippen LogP contribution in [0.25, 0.3) is 10.9 Å². The van der Waals surface area contributed by atoms with E-state index in [2.05, 4.69) is 10.3 Å². The van der Waals surface area contributed by atoms with Gasteiger partial charge in [0.05, 0.1) is 5.52 Å². The van der Waals surface area contributed by atoms with E-state index in [9.17, 15) is 9.59 Å². The summed E-state index contributed by atoms with van der Waals surface area (Å²) >= 11 is 0. The van der Waals surface area contributed by atoms with Gasteiger partial charge >= 0.3 is 0 Å². The normalized spacial score (nSPS) is 13.6. The van der Waals surface area contributed by atoms with E-state index >= 15 is 4.39 Å². The van der Waals surface area contributed by atoms with E-state index in [1.54, 1.807) is 31.2 Å². The lowest BCUT2D eigenvalue weighted by Crippen LogP contribution is -2.27. The molecule has 112 valence electrons. The first-order chi connectivity index (χ1) is 10.4. The summed E-state index contributed by atoms with van der Waals surface area (Å²) in [5.74, 6) is -0.317. The number of hydrogen-bond donors (Lipinski definition) is 1.